The molecule has 1 fully saturated rings. The fourth-order valence-electron chi connectivity index (χ4n) is 2.68. The first-order valence-corrected chi connectivity index (χ1v) is 7.55. The van der Waals surface area contributed by atoms with Crippen LogP contribution in [-0.4, -0.2) is 34.3 Å². The van der Waals surface area contributed by atoms with E-state index in [1.54, 1.807) is 6.20 Å². The summed E-state index contributed by atoms with van der Waals surface area (Å²) in [5.74, 6) is 0.555. The molecule has 4 heteroatoms. The average molecular weight is 289 g/mol. The molecule has 0 atom stereocenters. The summed E-state index contributed by atoms with van der Waals surface area (Å²) in [4.78, 5) is 19.1. The Bertz CT molecular complexity index is 619. The minimum atomic E-state index is 0.0777. The van der Waals surface area contributed by atoms with Crippen molar-refractivity contribution < 1.29 is 4.79 Å². The van der Waals surface area contributed by atoms with Gasteiger partial charge in [-0.1, -0.05) is 18.2 Å². The van der Waals surface area contributed by atoms with Crippen LogP contribution in [0.1, 0.15) is 29.6 Å². The maximum absolute atomic E-state index is 12.8. The summed E-state index contributed by atoms with van der Waals surface area (Å²) in [6.45, 7) is 0.613. The molecule has 0 aliphatic heterocycles. The number of aromatic nitrogens is 1. The van der Waals surface area contributed by atoms with E-state index in [9.17, 15) is 4.79 Å². The molecular weight excluding hydrogens is 272 g/mol. The second-order valence-corrected chi connectivity index (χ2v) is 5.53. The standard InChI is InChI=1S/C16H17ClN2O/c17-9-11-19(12-4-3-5-12)16(20)14-8-10-18-15-7-2-1-6-13(14)15/h1-2,6-8,10,12H,3-5,9,11H2. The molecule has 20 heavy (non-hydrogen) atoms. The zero-order chi connectivity index (χ0) is 13.9. The molecule has 1 aliphatic carbocycles. The molecule has 0 radical (unpaired) electrons. The molecule has 2 aromatic rings. The van der Waals surface area contributed by atoms with E-state index in [0.717, 1.165) is 29.3 Å². The number of alkyl halides is 1. The van der Waals surface area contributed by atoms with E-state index in [0.29, 0.717) is 18.5 Å². The minimum absolute atomic E-state index is 0.0777. The molecule has 3 rings (SSSR count). The number of rotatable bonds is 4. The van der Waals surface area contributed by atoms with Crippen molar-refractivity contribution in [3.63, 3.8) is 0 Å². The summed E-state index contributed by atoms with van der Waals surface area (Å²) in [7, 11) is 0. The SMILES string of the molecule is O=C(c1ccnc2ccccc12)N(CCCl)C1CCC1. The van der Waals surface area contributed by atoms with Gasteiger partial charge in [0.2, 0.25) is 0 Å². The highest BCUT2D eigenvalue weighted by atomic mass is 35.5. The number of carbonyl (C=O) groups excluding carboxylic acids is 1. The van der Waals surface area contributed by atoms with Crippen molar-refractivity contribution in [3.8, 4) is 0 Å². The predicted molar refractivity (Wildman–Crippen MR) is 81.1 cm³/mol. The van der Waals surface area contributed by atoms with E-state index in [4.69, 9.17) is 11.6 Å². The van der Waals surface area contributed by atoms with Gasteiger partial charge >= 0.3 is 0 Å². The topological polar surface area (TPSA) is 33.2 Å². The highest BCUT2D eigenvalue weighted by Crippen LogP contribution is 2.27. The Morgan fingerprint density at radius 2 is 2.10 bits per heavy atom. The summed E-state index contributed by atoms with van der Waals surface area (Å²) >= 11 is 5.86. The van der Waals surface area contributed by atoms with E-state index in [-0.39, 0.29) is 5.91 Å². The van der Waals surface area contributed by atoms with Crippen LogP contribution in [0.15, 0.2) is 36.5 Å². The molecule has 1 aromatic heterocycles. The van der Waals surface area contributed by atoms with Crippen molar-refractivity contribution in [2.45, 2.75) is 25.3 Å². The molecule has 1 amide bonds. The molecule has 0 N–H and O–H groups in total. The van der Waals surface area contributed by atoms with Crippen LogP contribution in [0.3, 0.4) is 0 Å². The Kier molecular flexibility index (Phi) is 3.88. The fourth-order valence-corrected chi connectivity index (χ4v) is 2.86. The molecule has 1 aromatic carbocycles. The molecular formula is C16H17ClN2O. The lowest BCUT2D eigenvalue weighted by Gasteiger charge is -2.37. The van der Waals surface area contributed by atoms with Gasteiger partial charge in [0.1, 0.15) is 0 Å². The largest absolute Gasteiger partial charge is 0.334 e. The number of benzene rings is 1. The normalized spacial score (nSPS) is 15.1. The van der Waals surface area contributed by atoms with Gasteiger partial charge in [-0.2, -0.15) is 0 Å². The summed E-state index contributed by atoms with van der Waals surface area (Å²) in [6.07, 6.45) is 5.08. The Hall–Kier alpha value is -1.61. The van der Waals surface area contributed by atoms with Crippen LogP contribution in [-0.2, 0) is 0 Å². The van der Waals surface area contributed by atoms with E-state index in [2.05, 4.69) is 4.98 Å². The molecule has 0 spiro atoms. The lowest BCUT2D eigenvalue weighted by atomic mass is 9.91. The van der Waals surface area contributed by atoms with Gasteiger partial charge in [-0.25, -0.2) is 0 Å². The highest BCUT2D eigenvalue weighted by Gasteiger charge is 2.29. The second kappa shape index (κ2) is 5.80. The maximum Gasteiger partial charge on any atom is 0.254 e. The summed E-state index contributed by atoms with van der Waals surface area (Å²) in [5.41, 5.74) is 1.59. The molecule has 3 nitrogen and oxygen atoms in total. The van der Waals surface area contributed by atoms with Crippen molar-refractivity contribution in [2.75, 3.05) is 12.4 Å². The number of fused-ring (bicyclic) bond motifs is 1. The quantitative estimate of drug-likeness (QED) is 0.807. The van der Waals surface area contributed by atoms with Gasteiger partial charge in [0.15, 0.2) is 0 Å². The number of para-hydroxylation sites is 1. The van der Waals surface area contributed by atoms with Gasteiger partial charge in [-0.3, -0.25) is 9.78 Å². The summed E-state index contributed by atoms with van der Waals surface area (Å²) < 4.78 is 0. The minimum Gasteiger partial charge on any atom is -0.334 e. The molecule has 0 bridgehead atoms. The van der Waals surface area contributed by atoms with E-state index in [1.807, 2.05) is 35.2 Å². The molecule has 1 heterocycles. The first-order chi connectivity index (χ1) is 9.81. The number of amides is 1. The number of hydrogen-bond donors (Lipinski definition) is 0. The van der Waals surface area contributed by atoms with Crippen molar-refractivity contribution >= 4 is 28.4 Å². The zero-order valence-electron chi connectivity index (χ0n) is 11.3. The van der Waals surface area contributed by atoms with E-state index < -0.39 is 0 Å². The number of carbonyl (C=O) groups is 1. The van der Waals surface area contributed by atoms with Gasteiger partial charge in [-0.05, 0) is 31.4 Å². The first-order valence-electron chi connectivity index (χ1n) is 7.02. The summed E-state index contributed by atoms with van der Waals surface area (Å²) in [5, 5.41) is 0.916. The van der Waals surface area contributed by atoms with Gasteiger partial charge in [0.25, 0.3) is 5.91 Å². The van der Waals surface area contributed by atoms with Crippen LogP contribution in [0.25, 0.3) is 10.9 Å². The Morgan fingerprint density at radius 3 is 2.80 bits per heavy atom. The highest BCUT2D eigenvalue weighted by molar-refractivity contribution is 6.18. The molecule has 0 unspecified atom stereocenters. The molecule has 1 saturated carbocycles. The van der Waals surface area contributed by atoms with Crippen molar-refractivity contribution in [2.24, 2.45) is 0 Å². The van der Waals surface area contributed by atoms with Crippen molar-refractivity contribution in [1.82, 2.24) is 9.88 Å². The van der Waals surface area contributed by atoms with Gasteiger partial charge in [0, 0.05) is 30.0 Å². The van der Waals surface area contributed by atoms with Gasteiger partial charge < -0.3 is 4.90 Å². The number of halogens is 1. The Morgan fingerprint density at radius 1 is 1.30 bits per heavy atom. The Labute approximate surface area is 123 Å². The lowest BCUT2D eigenvalue weighted by molar-refractivity contribution is 0.0600. The third kappa shape index (κ3) is 2.38. The van der Waals surface area contributed by atoms with Crippen LogP contribution in [0.2, 0.25) is 0 Å². The van der Waals surface area contributed by atoms with Gasteiger partial charge in [-0.15, -0.1) is 11.6 Å². The van der Waals surface area contributed by atoms with E-state index in [1.165, 1.54) is 6.42 Å². The molecule has 1 aliphatic rings. The fraction of sp³-hybridized carbons (Fsp3) is 0.375. The third-order valence-electron chi connectivity index (χ3n) is 3.98. The smallest absolute Gasteiger partial charge is 0.254 e. The summed E-state index contributed by atoms with van der Waals surface area (Å²) in [6, 6.07) is 9.93. The van der Waals surface area contributed by atoms with Crippen LogP contribution < -0.4 is 0 Å². The van der Waals surface area contributed by atoms with Crippen molar-refractivity contribution in [3.05, 3.63) is 42.1 Å². The number of nitrogens with zero attached hydrogens (tertiary/aromatic N) is 2. The first kappa shape index (κ1) is 13.4. The van der Waals surface area contributed by atoms with Gasteiger partial charge in [0.05, 0.1) is 11.1 Å². The monoisotopic (exact) mass is 288 g/mol. The second-order valence-electron chi connectivity index (χ2n) is 5.15. The molecule has 104 valence electrons. The Balaban J connectivity index is 1.98. The maximum atomic E-state index is 12.8. The van der Waals surface area contributed by atoms with E-state index >= 15 is 0 Å². The van der Waals surface area contributed by atoms with Crippen molar-refractivity contribution in [1.29, 1.82) is 0 Å². The number of hydrogen-bond acceptors (Lipinski definition) is 2. The lowest BCUT2D eigenvalue weighted by Crippen LogP contribution is -2.45. The van der Waals surface area contributed by atoms with Crippen LogP contribution in [0.4, 0.5) is 0 Å². The van der Waals surface area contributed by atoms with Crippen LogP contribution in [0.5, 0.6) is 0 Å². The zero-order valence-corrected chi connectivity index (χ0v) is 12.0. The molecule has 0 saturated heterocycles. The number of pyridine rings is 1. The third-order valence-corrected chi connectivity index (χ3v) is 4.15. The van der Waals surface area contributed by atoms with Crippen LogP contribution in [0, 0.1) is 0 Å². The average Bonchev–Trinajstić information content (AvgIpc) is 2.43. The predicted octanol–water partition coefficient (Wildman–Crippen LogP) is 3.47. The van der Waals surface area contributed by atoms with Crippen LogP contribution >= 0.6 is 11.6 Å².